The van der Waals surface area contributed by atoms with E-state index in [1.807, 2.05) is 60.7 Å². The van der Waals surface area contributed by atoms with Crippen molar-refractivity contribution in [3.8, 4) is 12.1 Å². The summed E-state index contributed by atoms with van der Waals surface area (Å²) in [7, 11) is 0. The molecule has 0 unspecified atom stereocenters. The molecule has 0 bridgehead atoms. The van der Waals surface area contributed by atoms with Crippen LogP contribution in [0.1, 0.15) is 49.9 Å². The summed E-state index contributed by atoms with van der Waals surface area (Å²) in [6, 6.07) is 28.9. The van der Waals surface area contributed by atoms with Crippen LogP contribution in [0.4, 0.5) is 11.4 Å². The molecular formula is C32H34N4. The lowest BCUT2D eigenvalue weighted by molar-refractivity contribution is 0.866. The van der Waals surface area contributed by atoms with Crippen LogP contribution >= 0.6 is 0 Å². The number of allylic oxidation sites excluding steroid dienone is 2. The second-order valence-electron chi connectivity index (χ2n) is 8.44. The van der Waals surface area contributed by atoms with Crippen molar-refractivity contribution >= 4 is 34.7 Å². The van der Waals surface area contributed by atoms with Crippen molar-refractivity contribution in [2.75, 3.05) is 36.0 Å². The molecule has 0 atom stereocenters. The van der Waals surface area contributed by atoms with Gasteiger partial charge in [0.2, 0.25) is 0 Å². The summed E-state index contributed by atoms with van der Waals surface area (Å²) in [5.41, 5.74) is 7.25. The monoisotopic (exact) mass is 474 g/mol. The number of nitrogens with zero attached hydrogens (tertiary/aromatic N) is 4. The summed E-state index contributed by atoms with van der Waals surface area (Å²) in [4.78, 5) is 4.56. The smallest absolute Gasteiger partial charge is 0.0998 e. The van der Waals surface area contributed by atoms with Gasteiger partial charge in [0.1, 0.15) is 0 Å². The molecular weight excluding hydrogens is 440 g/mol. The van der Waals surface area contributed by atoms with Crippen molar-refractivity contribution in [1.29, 1.82) is 10.5 Å². The summed E-state index contributed by atoms with van der Waals surface area (Å²) in [5, 5.41) is 19.5. The van der Waals surface area contributed by atoms with Crippen LogP contribution in [0.2, 0.25) is 0 Å². The molecule has 4 heteroatoms. The van der Waals surface area contributed by atoms with Crippen LogP contribution in [-0.4, -0.2) is 26.2 Å². The molecule has 0 amide bonds. The Morgan fingerprint density at radius 1 is 0.556 bits per heavy atom. The zero-order chi connectivity index (χ0) is 25.9. The topological polar surface area (TPSA) is 54.1 Å². The maximum Gasteiger partial charge on any atom is 0.0998 e. The normalized spacial score (nSPS) is 11.5. The Morgan fingerprint density at radius 3 is 1.11 bits per heavy atom. The number of hydrogen-bond donors (Lipinski definition) is 0. The highest BCUT2D eigenvalue weighted by Gasteiger charge is 2.07. The van der Waals surface area contributed by atoms with E-state index in [0.29, 0.717) is 11.1 Å². The van der Waals surface area contributed by atoms with Crippen LogP contribution in [0.5, 0.6) is 0 Å². The molecule has 0 heterocycles. The minimum Gasteiger partial charge on any atom is -0.372 e. The van der Waals surface area contributed by atoms with Crippen LogP contribution in [0, 0.1) is 22.7 Å². The van der Waals surface area contributed by atoms with E-state index >= 15 is 0 Å². The second-order valence-corrected chi connectivity index (χ2v) is 8.44. The molecule has 0 aliphatic carbocycles. The summed E-state index contributed by atoms with van der Waals surface area (Å²) < 4.78 is 0. The van der Waals surface area contributed by atoms with Gasteiger partial charge in [0.15, 0.2) is 0 Å². The molecule has 0 spiro atoms. The van der Waals surface area contributed by atoms with Gasteiger partial charge >= 0.3 is 0 Å². The van der Waals surface area contributed by atoms with E-state index in [1.165, 1.54) is 0 Å². The van der Waals surface area contributed by atoms with Crippen LogP contribution in [0.15, 0.2) is 72.8 Å². The molecule has 3 aromatic rings. The molecule has 0 aliphatic rings. The first-order valence-electron chi connectivity index (χ1n) is 12.6. The number of anilines is 2. The fraction of sp³-hybridized carbons (Fsp3) is 0.250. The SMILES string of the molecule is CCN(CC)c1ccc(C(C#N)=Cc2ccc(C=C(C#N)c3ccc(N(CC)CC)cc3)cc2)cc1. The first-order valence-corrected chi connectivity index (χ1v) is 12.6. The van der Waals surface area contributed by atoms with Crippen LogP contribution in [-0.2, 0) is 0 Å². The van der Waals surface area contributed by atoms with Crippen LogP contribution in [0.25, 0.3) is 23.3 Å². The van der Waals surface area contributed by atoms with Crippen molar-refractivity contribution < 1.29 is 0 Å². The number of benzene rings is 3. The zero-order valence-electron chi connectivity index (χ0n) is 21.7. The third-order valence-electron chi connectivity index (χ3n) is 6.41. The van der Waals surface area contributed by atoms with Gasteiger partial charge in [-0.05, 0) is 86.4 Å². The Morgan fingerprint density at radius 2 is 0.861 bits per heavy atom. The van der Waals surface area contributed by atoms with Crippen molar-refractivity contribution in [3.05, 3.63) is 95.1 Å². The molecule has 3 aromatic carbocycles. The Balaban J connectivity index is 1.79. The number of nitriles is 2. The van der Waals surface area contributed by atoms with Gasteiger partial charge in [-0.3, -0.25) is 0 Å². The van der Waals surface area contributed by atoms with Gasteiger partial charge in [-0.2, -0.15) is 10.5 Å². The van der Waals surface area contributed by atoms with Gasteiger partial charge in [0.05, 0.1) is 23.3 Å². The fourth-order valence-electron chi connectivity index (χ4n) is 4.26. The maximum atomic E-state index is 9.75. The van der Waals surface area contributed by atoms with E-state index in [0.717, 1.165) is 59.8 Å². The van der Waals surface area contributed by atoms with Gasteiger partial charge in [0.25, 0.3) is 0 Å². The quantitative estimate of drug-likeness (QED) is 0.225. The molecule has 4 nitrogen and oxygen atoms in total. The first-order chi connectivity index (χ1) is 17.6. The Hall–Kier alpha value is -4.28. The lowest BCUT2D eigenvalue weighted by Gasteiger charge is -2.21. The maximum absolute atomic E-state index is 9.75. The van der Waals surface area contributed by atoms with Crippen molar-refractivity contribution in [1.82, 2.24) is 0 Å². The fourth-order valence-corrected chi connectivity index (χ4v) is 4.26. The van der Waals surface area contributed by atoms with Crippen LogP contribution < -0.4 is 9.80 Å². The molecule has 182 valence electrons. The minimum atomic E-state index is 0.621. The van der Waals surface area contributed by atoms with Gasteiger partial charge in [-0.15, -0.1) is 0 Å². The third kappa shape index (κ3) is 6.44. The highest BCUT2D eigenvalue weighted by atomic mass is 15.1. The molecule has 0 aromatic heterocycles. The molecule has 0 radical (unpaired) electrons. The van der Waals surface area contributed by atoms with E-state index in [-0.39, 0.29) is 0 Å². The second kappa shape index (κ2) is 13.0. The standard InChI is InChI=1S/C32H34N4/c1-5-35(6-2)31-17-13-27(14-18-31)29(23-33)21-25-9-11-26(12-10-25)22-30(24-34)28-15-19-32(20-16-28)36(7-3)8-4/h9-22H,5-8H2,1-4H3. The van der Waals surface area contributed by atoms with Crippen molar-refractivity contribution in [3.63, 3.8) is 0 Å². The molecule has 0 N–H and O–H groups in total. The lowest BCUT2D eigenvalue weighted by atomic mass is 10.0. The Labute approximate surface area is 216 Å². The van der Waals surface area contributed by atoms with Gasteiger partial charge in [0, 0.05) is 37.6 Å². The van der Waals surface area contributed by atoms with E-state index in [2.05, 4.69) is 73.9 Å². The van der Waals surface area contributed by atoms with E-state index in [9.17, 15) is 10.5 Å². The average molecular weight is 475 g/mol. The van der Waals surface area contributed by atoms with Gasteiger partial charge < -0.3 is 9.80 Å². The van der Waals surface area contributed by atoms with E-state index in [1.54, 1.807) is 0 Å². The number of hydrogen-bond acceptors (Lipinski definition) is 4. The summed E-state index contributed by atoms with van der Waals surface area (Å²) in [6.45, 7) is 12.4. The molecule has 0 fully saturated rings. The first kappa shape index (κ1) is 26.3. The Kier molecular flexibility index (Phi) is 9.49. The third-order valence-corrected chi connectivity index (χ3v) is 6.41. The predicted molar refractivity (Wildman–Crippen MR) is 153 cm³/mol. The number of rotatable bonds is 10. The largest absolute Gasteiger partial charge is 0.372 e. The highest BCUT2D eigenvalue weighted by molar-refractivity contribution is 5.91. The molecule has 0 saturated heterocycles. The summed E-state index contributed by atoms with van der Waals surface area (Å²) in [6.07, 6.45) is 3.80. The summed E-state index contributed by atoms with van der Waals surface area (Å²) >= 11 is 0. The highest BCUT2D eigenvalue weighted by Crippen LogP contribution is 2.24. The summed E-state index contributed by atoms with van der Waals surface area (Å²) in [5.74, 6) is 0. The van der Waals surface area contributed by atoms with Crippen LogP contribution in [0.3, 0.4) is 0 Å². The van der Waals surface area contributed by atoms with E-state index in [4.69, 9.17) is 0 Å². The minimum absolute atomic E-state index is 0.621. The van der Waals surface area contributed by atoms with E-state index < -0.39 is 0 Å². The van der Waals surface area contributed by atoms with Crippen molar-refractivity contribution in [2.24, 2.45) is 0 Å². The molecule has 0 aliphatic heterocycles. The van der Waals surface area contributed by atoms with Gasteiger partial charge in [-0.25, -0.2) is 0 Å². The molecule has 0 saturated carbocycles. The Bertz CT molecular complexity index is 1160. The predicted octanol–water partition coefficient (Wildman–Crippen LogP) is 7.51. The molecule has 3 rings (SSSR count). The zero-order valence-corrected chi connectivity index (χ0v) is 21.7. The molecule has 36 heavy (non-hydrogen) atoms. The van der Waals surface area contributed by atoms with Gasteiger partial charge in [-0.1, -0.05) is 48.5 Å². The lowest BCUT2D eigenvalue weighted by Crippen LogP contribution is -2.21. The van der Waals surface area contributed by atoms with Crippen molar-refractivity contribution in [2.45, 2.75) is 27.7 Å². The average Bonchev–Trinajstić information content (AvgIpc) is 2.93.